The van der Waals surface area contributed by atoms with Crippen LogP contribution >= 0.6 is 0 Å². The van der Waals surface area contributed by atoms with E-state index in [1.54, 1.807) is 0 Å². The first-order valence-corrected chi connectivity index (χ1v) is 10.1. The molecule has 1 atom stereocenters. The molecular weight excluding hydrogens is 330 g/mol. The van der Waals surface area contributed by atoms with Crippen molar-refractivity contribution in [3.63, 3.8) is 0 Å². The second-order valence-electron chi connectivity index (χ2n) is 7.63. The number of likely N-dealkylation sites (tertiary alicyclic amines) is 1. The van der Waals surface area contributed by atoms with E-state index in [0.29, 0.717) is 18.9 Å². The minimum absolute atomic E-state index is 0.0220. The molecule has 0 aromatic carbocycles. The summed E-state index contributed by atoms with van der Waals surface area (Å²) in [5.41, 5.74) is 0. The highest BCUT2D eigenvalue weighted by Gasteiger charge is 2.32. The third kappa shape index (κ3) is 6.50. The minimum Gasteiger partial charge on any atom is -0.357 e. The number of hydrogen-bond donors (Lipinski definition) is 3. The fraction of sp³-hybridized carbons (Fsp3) is 0.842. The zero-order chi connectivity index (χ0) is 18.9. The number of carbonyl (C=O) groups is 2. The number of rotatable bonds is 7. The van der Waals surface area contributed by atoms with Crippen molar-refractivity contribution in [2.24, 2.45) is 10.9 Å². The average molecular weight is 366 g/mol. The molecule has 0 aromatic heterocycles. The normalized spacial score (nSPS) is 21.3. The zero-order valence-corrected chi connectivity index (χ0v) is 16.5. The first-order chi connectivity index (χ1) is 12.5. The second-order valence-corrected chi connectivity index (χ2v) is 7.63. The Labute approximate surface area is 157 Å². The Bertz CT molecular complexity index is 500. The molecule has 2 fully saturated rings. The molecule has 7 heteroatoms. The van der Waals surface area contributed by atoms with Crippen molar-refractivity contribution in [1.29, 1.82) is 0 Å². The van der Waals surface area contributed by atoms with Crippen LogP contribution in [0.15, 0.2) is 4.99 Å². The fourth-order valence-corrected chi connectivity index (χ4v) is 3.69. The highest BCUT2D eigenvalue weighted by atomic mass is 16.2. The van der Waals surface area contributed by atoms with Crippen molar-refractivity contribution in [1.82, 2.24) is 20.9 Å². The van der Waals surface area contributed by atoms with Gasteiger partial charge in [0.2, 0.25) is 11.8 Å². The highest BCUT2D eigenvalue weighted by Crippen LogP contribution is 2.27. The lowest BCUT2D eigenvalue weighted by molar-refractivity contribution is -0.134. The lowest BCUT2D eigenvalue weighted by Crippen LogP contribution is -2.45. The van der Waals surface area contributed by atoms with Crippen LogP contribution in [0.25, 0.3) is 0 Å². The summed E-state index contributed by atoms with van der Waals surface area (Å²) in [5.74, 6) is 1.33. The van der Waals surface area contributed by atoms with Gasteiger partial charge in [-0.05, 0) is 40.0 Å². The van der Waals surface area contributed by atoms with E-state index >= 15 is 0 Å². The summed E-state index contributed by atoms with van der Waals surface area (Å²) in [6.07, 6.45) is 5.80. The van der Waals surface area contributed by atoms with Crippen molar-refractivity contribution in [3.8, 4) is 0 Å². The van der Waals surface area contributed by atoms with Gasteiger partial charge in [0.15, 0.2) is 5.96 Å². The summed E-state index contributed by atoms with van der Waals surface area (Å²) in [7, 11) is 0. The Morgan fingerprint density at radius 3 is 2.58 bits per heavy atom. The molecule has 0 aromatic rings. The summed E-state index contributed by atoms with van der Waals surface area (Å²) >= 11 is 0. The summed E-state index contributed by atoms with van der Waals surface area (Å²) in [4.78, 5) is 30.8. The quantitative estimate of drug-likeness (QED) is 0.468. The molecule has 1 unspecified atom stereocenters. The molecule has 2 aliphatic rings. The van der Waals surface area contributed by atoms with Crippen molar-refractivity contribution in [2.45, 2.75) is 71.4 Å². The standard InChI is InChI=1S/C19H35N5O2/c1-4-20-19(21-11-9-17(25)22-14(2)3)23-16-10-12-24(13-16)18(26)15-7-5-6-8-15/h14-16H,4-13H2,1-3H3,(H,22,25)(H2,20,21,23). The molecule has 0 bridgehead atoms. The molecule has 148 valence electrons. The first kappa shape index (κ1) is 20.5. The van der Waals surface area contributed by atoms with E-state index in [1.807, 2.05) is 25.7 Å². The topological polar surface area (TPSA) is 85.8 Å². The molecule has 0 radical (unpaired) electrons. The molecule has 1 aliphatic carbocycles. The average Bonchev–Trinajstić information content (AvgIpc) is 3.25. The summed E-state index contributed by atoms with van der Waals surface area (Å²) in [6, 6.07) is 0.377. The molecule has 1 heterocycles. The van der Waals surface area contributed by atoms with Gasteiger partial charge in [-0.25, -0.2) is 0 Å². The van der Waals surface area contributed by atoms with Crippen LogP contribution in [0.5, 0.6) is 0 Å². The minimum atomic E-state index is 0.0220. The lowest BCUT2D eigenvalue weighted by Gasteiger charge is -2.21. The lowest BCUT2D eigenvalue weighted by atomic mass is 10.1. The number of aliphatic imine (C=N–C) groups is 1. The highest BCUT2D eigenvalue weighted by molar-refractivity contribution is 5.82. The maximum absolute atomic E-state index is 12.5. The summed E-state index contributed by atoms with van der Waals surface area (Å²) in [5, 5.41) is 9.52. The van der Waals surface area contributed by atoms with E-state index in [4.69, 9.17) is 0 Å². The molecule has 2 amide bonds. The van der Waals surface area contributed by atoms with Crippen LogP contribution < -0.4 is 16.0 Å². The van der Waals surface area contributed by atoms with Crippen molar-refractivity contribution < 1.29 is 9.59 Å². The number of nitrogens with one attached hydrogen (secondary N) is 3. The molecule has 3 N–H and O–H groups in total. The second kappa shape index (κ2) is 10.4. The van der Waals surface area contributed by atoms with Gasteiger partial charge in [0, 0.05) is 44.1 Å². The molecule has 0 spiro atoms. The summed E-state index contributed by atoms with van der Waals surface area (Å²) in [6.45, 7) is 8.70. The zero-order valence-electron chi connectivity index (χ0n) is 16.5. The van der Waals surface area contributed by atoms with Gasteiger partial charge in [-0.2, -0.15) is 0 Å². The maximum atomic E-state index is 12.5. The van der Waals surface area contributed by atoms with Crippen LogP contribution in [0.1, 0.15) is 59.3 Å². The predicted molar refractivity (Wildman–Crippen MR) is 104 cm³/mol. The van der Waals surface area contributed by atoms with E-state index < -0.39 is 0 Å². The van der Waals surface area contributed by atoms with Gasteiger partial charge in [-0.15, -0.1) is 0 Å². The predicted octanol–water partition coefficient (Wildman–Crippen LogP) is 1.25. The van der Waals surface area contributed by atoms with Gasteiger partial charge in [-0.1, -0.05) is 12.8 Å². The van der Waals surface area contributed by atoms with Gasteiger partial charge in [0.05, 0.1) is 6.54 Å². The van der Waals surface area contributed by atoms with Gasteiger partial charge >= 0.3 is 0 Å². The van der Waals surface area contributed by atoms with Crippen LogP contribution in [0, 0.1) is 5.92 Å². The van der Waals surface area contributed by atoms with Crippen LogP contribution in [-0.2, 0) is 9.59 Å². The monoisotopic (exact) mass is 365 g/mol. The van der Waals surface area contributed by atoms with Crippen LogP contribution in [0.3, 0.4) is 0 Å². The molecule has 1 aliphatic heterocycles. The molecular formula is C19H35N5O2. The smallest absolute Gasteiger partial charge is 0.225 e. The Morgan fingerprint density at radius 2 is 1.92 bits per heavy atom. The SMILES string of the molecule is CCNC(=NCCC(=O)NC(C)C)NC1CCN(C(=O)C2CCCC2)C1. The molecule has 1 saturated heterocycles. The number of carbonyl (C=O) groups excluding carboxylic acids is 2. The fourth-order valence-electron chi connectivity index (χ4n) is 3.69. The van der Waals surface area contributed by atoms with Gasteiger partial charge in [0.1, 0.15) is 0 Å². The van der Waals surface area contributed by atoms with E-state index in [1.165, 1.54) is 12.8 Å². The molecule has 26 heavy (non-hydrogen) atoms. The Balaban J connectivity index is 1.78. The molecule has 7 nitrogen and oxygen atoms in total. The Kier molecular flexibility index (Phi) is 8.19. The number of amides is 2. The Morgan fingerprint density at radius 1 is 1.19 bits per heavy atom. The Hall–Kier alpha value is -1.79. The number of nitrogens with zero attached hydrogens (tertiary/aromatic N) is 2. The van der Waals surface area contributed by atoms with E-state index in [2.05, 4.69) is 20.9 Å². The van der Waals surface area contributed by atoms with E-state index in [9.17, 15) is 9.59 Å². The van der Waals surface area contributed by atoms with Crippen LogP contribution in [0.2, 0.25) is 0 Å². The van der Waals surface area contributed by atoms with Crippen LogP contribution in [-0.4, -0.2) is 60.9 Å². The summed E-state index contributed by atoms with van der Waals surface area (Å²) < 4.78 is 0. The third-order valence-corrected chi connectivity index (χ3v) is 4.95. The van der Waals surface area contributed by atoms with Crippen molar-refractivity contribution >= 4 is 17.8 Å². The third-order valence-electron chi connectivity index (χ3n) is 4.95. The van der Waals surface area contributed by atoms with Gasteiger partial charge < -0.3 is 20.9 Å². The van der Waals surface area contributed by atoms with Gasteiger partial charge in [-0.3, -0.25) is 14.6 Å². The van der Waals surface area contributed by atoms with E-state index in [0.717, 1.165) is 44.9 Å². The van der Waals surface area contributed by atoms with Gasteiger partial charge in [0.25, 0.3) is 0 Å². The maximum Gasteiger partial charge on any atom is 0.225 e. The van der Waals surface area contributed by atoms with Crippen LogP contribution in [0.4, 0.5) is 0 Å². The molecule has 1 saturated carbocycles. The molecule has 2 rings (SSSR count). The van der Waals surface area contributed by atoms with Crippen molar-refractivity contribution in [2.75, 3.05) is 26.2 Å². The van der Waals surface area contributed by atoms with E-state index in [-0.39, 0.29) is 23.9 Å². The van der Waals surface area contributed by atoms with Crippen molar-refractivity contribution in [3.05, 3.63) is 0 Å². The number of hydrogen-bond acceptors (Lipinski definition) is 3. The first-order valence-electron chi connectivity index (χ1n) is 10.1. The number of guanidine groups is 1. The largest absolute Gasteiger partial charge is 0.357 e.